The molecular formula is C14H15Cl2N3O. The summed E-state index contributed by atoms with van der Waals surface area (Å²) in [5, 5.41) is 21.8. The maximum Gasteiger partial charge on any atom is 0.137 e. The molecule has 0 amide bonds. The summed E-state index contributed by atoms with van der Waals surface area (Å²) >= 11 is 13.0. The van der Waals surface area contributed by atoms with Crippen LogP contribution in [0.1, 0.15) is 24.1 Å². The molecule has 1 fully saturated rings. The van der Waals surface area contributed by atoms with Gasteiger partial charge in [0, 0.05) is 5.88 Å². The zero-order valence-corrected chi connectivity index (χ0v) is 12.3. The first-order valence-corrected chi connectivity index (χ1v) is 7.43. The molecule has 0 radical (unpaired) electrons. The third-order valence-corrected chi connectivity index (χ3v) is 5.17. The largest absolute Gasteiger partial charge is 0.381 e. The van der Waals surface area contributed by atoms with Crippen LogP contribution in [0.25, 0.3) is 0 Å². The monoisotopic (exact) mass is 311 g/mol. The average molecular weight is 312 g/mol. The van der Waals surface area contributed by atoms with E-state index in [-0.39, 0.29) is 11.8 Å². The lowest BCUT2D eigenvalue weighted by Gasteiger charge is -2.41. The van der Waals surface area contributed by atoms with Gasteiger partial charge >= 0.3 is 0 Å². The predicted octanol–water partition coefficient (Wildman–Crippen LogP) is 2.78. The third-order valence-electron chi connectivity index (χ3n) is 3.99. The minimum Gasteiger partial charge on any atom is -0.381 e. The van der Waals surface area contributed by atoms with E-state index in [2.05, 4.69) is 15.4 Å². The molecule has 1 aromatic heterocycles. The zero-order chi connectivity index (χ0) is 14.2. The Balaban J connectivity index is 2.14. The van der Waals surface area contributed by atoms with Crippen molar-refractivity contribution in [2.24, 2.45) is 5.92 Å². The molecule has 106 valence electrons. The number of aromatic nitrogens is 3. The van der Waals surface area contributed by atoms with Crippen LogP contribution >= 0.6 is 23.2 Å². The summed E-state index contributed by atoms with van der Waals surface area (Å²) in [6.07, 6.45) is 3.33. The van der Waals surface area contributed by atoms with Crippen molar-refractivity contribution in [3.05, 3.63) is 47.8 Å². The van der Waals surface area contributed by atoms with Gasteiger partial charge < -0.3 is 5.11 Å². The van der Waals surface area contributed by atoms with E-state index >= 15 is 0 Å². The maximum atomic E-state index is 11.3. The van der Waals surface area contributed by atoms with Crippen molar-refractivity contribution >= 4 is 23.2 Å². The van der Waals surface area contributed by atoms with Crippen LogP contribution in [-0.4, -0.2) is 26.4 Å². The predicted molar refractivity (Wildman–Crippen MR) is 77.7 cm³/mol. The van der Waals surface area contributed by atoms with E-state index in [1.165, 1.54) is 6.20 Å². The number of aliphatic hydroxyl groups is 1. The number of nitrogens with zero attached hydrogens (tertiary/aromatic N) is 2. The average Bonchev–Trinajstić information content (AvgIpc) is 3.21. The fourth-order valence-electron chi connectivity index (χ4n) is 2.72. The van der Waals surface area contributed by atoms with Crippen LogP contribution in [-0.2, 0) is 10.5 Å². The minimum absolute atomic E-state index is 0.0454. The smallest absolute Gasteiger partial charge is 0.137 e. The molecule has 3 rings (SSSR count). The van der Waals surface area contributed by atoms with Crippen LogP contribution in [0, 0.1) is 5.92 Å². The zero-order valence-electron chi connectivity index (χ0n) is 10.8. The molecule has 2 N–H and O–H groups in total. The lowest BCUT2D eigenvalue weighted by molar-refractivity contribution is -0.0300. The Labute approximate surface area is 127 Å². The number of alkyl halides is 2. The summed E-state index contributed by atoms with van der Waals surface area (Å²) in [5.74, 6) is 0.127. The van der Waals surface area contributed by atoms with Gasteiger partial charge in [-0.1, -0.05) is 30.3 Å². The second kappa shape index (κ2) is 5.02. The summed E-state index contributed by atoms with van der Waals surface area (Å²) in [7, 11) is 0. The van der Waals surface area contributed by atoms with Crippen molar-refractivity contribution in [1.82, 2.24) is 15.4 Å². The Hall–Kier alpha value is -1.10. The van der Waals surface area contributed by atoms with Gasteiger partial charge in [0.1, 0.15) is 16.2 Å². The van der Waals surface area contributed by atoms with Crippen LogP contribution in [0.5, 0.6) is 0 Å². The maximum absolute atomic E-state index is 11.3. The number of nitrogens with one attached hydrogen (secondary N) is 1. The van der Waals surface area contributed by atoms with Gasteiger partial charge in [0.2, 0.25) is 0 Å². The first kappa shape index (κ1) is 13.9. The molecule has 2 atom stereocenters. The standard InChI is InChI=1S/C14H15Cl2N3O/c15-9-13(16,10-4-2-1-3-5-10)14(20,11-6-7-11)12-8-17-19-18-12/h1-5,8,11,20H,6-7,9H2,(H,17,18,19). The van der Waals surface area contributed by atoms with Crippen molar-refractivity contribution in [2.45, 2.75) is 23.3 Å². The highest BCUT2D eigenvalue weighted by Crippen LogP contribution is 2.57. The van der Waals surface area contributed by atoms with Crippen LogP contribution in [0.15, 0.2) is 36.5 Å². The Bertz CT molecular complexity index is 573. The Morgan fingerprint density at radius 1 is 1.30 bits per heavy atom. The highest BCUT2D eigenvalue weighted by Gasteiger charge is 2.60. The Morgan fingerprint density at radius 3 is 2.50 bits per heavy atom. The molecule has 4 nitrogen and oxygen atoms in total. The fraction of sp³-hybridized carbons (Fsp3) is 0.429. The molecule has 1 aliphatic rings. The van der Waals surface area contributed by atoms with Crippen LogP contribution in [0.2, 0.25) is 0 Å². The topological polar surface area (TPSA) is 61.8 Å². The minimum atomic E-state index is -1.33. The number of halogens is 2. The number of hydrogen-bond acceptors (Lipinski definition) is 3. The van der Waals surface area contributed by atoms with Crippen LogP contribution < -0.4 is 0 Å². The third kappa shape index (κ3) is 1.94. The number of rotatable bonds is 5. The van der Waals surface area contributed by atoms with Gasteiger partial charge in [-0.2, -0.15) is 15.4 Å². The Kier molecular flexibility index (Phi) is 3.48. The second-order valence-electron chi connectivity index (χ2n) is 5.20. The van der Waals surface area contributed by atoms with E-state index in [9.17, 15) is 5.11 Å². The molecule has 1 aromatic carbocycles. The first-order valence-electron chi connectivity index (χ1n) is 6.52. The summed E-state index contributed by atoms with van der Waals surface area (Å²) in [4.78, 5) is -1.13. The van der Waals surface area contributed by atoms with Gasteiger partial charge in [0.25, 0.3) is 0 Å². The fourth-order valence-corrected chi connectivity index (χ4v) is 3.46. The van der Waals surface area contributed by atoms with E-state index in [1.807, 2.05) is 30.3 Å². The number of hydrogen-bond donors (Lipinski definition) is 2. The van der Waals surface area contributed by atoms with Crippen molar-refractivity contribution in [2.75, 3.05) is 5.88 Å². The van der Waals surface area contributed by atoms with Crippen LogP contribution in [0.4, 0.5) is 0 Å². The highest BCUT2D eigenvalue weighted by molar-refractivity contribution is 6.31. The van der Waals surface area contributed by atoms with E-state index in [0.717, 1.165) is 18.4 Å². The molecular weight excluding hydrogens is 297 g/mol. The molecule has 1 heterocycles. The molecule has 1 aliphatic carbocycles. The van der Waals surface area contributed by atoms with Crippen molar-refractivity contribution in [3.63, 3.8) is 0 Å². The van der Waals surface area contributed by atoms with Gasteiger partial charge in [-0.15, -0.1) is 23.2 Å². The Morgan fingerprint density at radius 2 is 2.00 bits per heavy atom. The molecule has 20 heavy (non-hydrogen) atoms. The van der Waals surface area contributed by atoms with Gasteiger partial charge in [-0.25, -0.2) is 0 Å². The quantitative estimate of drug-likeness (QED) is 0.835. The normalized spacial score (nSPS) is 21.1. The van der Waals surface area contributed by atoms with Gasteiger partial charge in [-0.05, 0) is 24.3 Å². The van der Waals surface area contributed by atoms with E-state index in [4.69, 9.17) is 23.2 Å². The van der Waals surface area contributed by atoms with Crippen LogP contribution in [0.3, 0.4) is 0 Å². The number of H-pyrrole nitrogens is 1. The van der Waals surface area contributed by atoms with Gasteiger partial charge in [0.05, 0.1) is 6.20 Å². The number of aromatic amines is 1. The van der Waals surface area contributed by atoms with Gasteiger partial charge in [0.15, 0.2) is 0 Å². The molecule has 2 aromatic rings. The lowest BCUT2D eigenvalue weighted by Crippen LogP contribution is -2.49. The summed E-state index contributed by atoms with van der Waals surface area (Å²) in [6, 6.07) is 9.43. The summed E-state index contributed by atoms with van der Waals surface area (Å²) in [6.45, 7) is 0. The van der Waals surface area contributed by atoms with Gasteiger partial charge in [-0.3, -0.25) is 0 Å². The summed E-state index contributed by atoms with van der Waals surface area (Å²) < 4.78 is 0. The second-order valence-corrected chi connectivity index (χ2v) is 6.11. The van der Waals surface area contributed by atoms with E-state index in [0.29, 0.717) is 5.69 Å². The molecule has 0 aliphatic heterocycles. The lowest BCUT2D eigenvalue weighted by atomic mass is 9.76. The SMILES string of the molecule is OC(c1cn[nH]n1)(C1CC1)C(Cl)(CCl)c1ccccc1. The van der Waals surface area contributed by atoms with Crippen molar-refractivity contribution in [3.8, 4) is 0 Å². The molecule has 0 bridgehead atoms. The van der Waals surface area contributed by atoms with E-state index < -0.39 is 10.5 Å². The molecule has 0 saturated heterocycles. The first-order chi connectivity index (χ1) is 9.63. The molecule has 1 saturated carbocycles. The molecule has 0 spiro atoms. The van der Waals surface area contributed by atoms with Crippen molar-refractivity contribution in [1.29, 1.82) is 0 Å². The van der Waals surface area contributed by atoms with E-state index in [1.54, 1.807) is 0 Å². The highest BCUT2D eigenvalue weighted by atomic mass is 35.5. The molecule has 6 heteroatoms. The van der Waals surface area contributed by atoms with Crippen molar-refractivity contribution < 1.29 is 5.11 Å². The molecule has 2 unspecified atom stereocenters. The number of benzene rings is 1. The summed E-state index contributed by atoms with van der Waals surface area (Å²) in [5.41, 5.74) is -0.0986.